The van der Waals surface area contributed by atoms with E-state index in [1.165, 1.54) is 17.1 Å². The van der Waals surface area contributed by atoms with Gasteiger partial charge in [0, 0.05) is 31.4 Å². The number of nitrogens with zero attached hydrogens (tertiary/aromatic N) is 6. The third kappa shape index (κ3) is 4.10. The first-order chi connectivity index (χ1) is 13.8. The van der Waals surface area contributed by atoms with E-state index in [2.05, 4.69) is 15.3 Å². The molecule has 2 aromatic rings. The Morgan fingerprint density at radius 3 is 2.66 bits per heavy atom. The van der Waals surface area contributed by atoms with Gasteiger partial charge in [-0.3, -0.25) is 14.6 Å². The first-order valence-corrected chi connectivity index (χ1v) is 9.63. The highest BCUT2D eigenvalue weighted by molar-refractivity contribution is 5.94. The molecule has 2 aliphatic heterocycles. The van der Waals surface area contributed by atoms with Gasteiger partial charge in [-0.25, -0.2) is 13.5 Å². The largest absolute Gasteiger partial charge is 0.337 e. The van der Waals surface area contributed by atoms with E-state index >= 15 is 0 Å². The van der Waals surface area contributed by atoms with Crippen molar-refractivity contribution in [2.45, 2.75) is 44.7 Å². The Morgan fingerprint density at radius 1 is 1.21 bits per heavy atom. The van der Waals surface area contributed by atoms with Crippen molar-refractivity contribution >= 4 is 11.8 Å². The van der Waals surface area contributed by atoms with Gasteiger partial charge in [0.05, 0.1) is 30.9 Å². The van der Waals surface area contributed by atoms with Gasteiger partial charge >= 0.3 is 0 Å². The molecule has 154 valence electrons. The van der Waals surface area contributed by atoms with Crippen molar-refractivity contribution in [3.05, 3.63) is 41.5 Å². The van der Waals surface area contributed by atoms with Crippen LogP contribution in [0.25, 0.3) is 0 Å². The molecule has 2 amide bonds. The standard InChI is InChI=1S/C19H22F2N6O2/c1-13-4-5-14(9-22-13)17(28)27-12-19(20,21)8-15(27)10-26-11-16(23-24-26)18(29)25-6-2-3-7-25/h4-5,9,11,15H,2-3,6-8,10,12H2,1H3/t15-/m0/s1. The molecule has 2 saturated heterocycles. The minimum Gasteiger partial charge on any atom is -0.337 e. The van der Waals surface area contributed by atoms with Crippen LogP contribution in [0.3, 0.4) is 0 Å². The van der Waals surface area contributed by atoms with E-state index in [1.54, 1.807) is 24.0 Å². The lowest BCUT2D eigenvalue weighted by Gasteiger charge is -2.23. The van der Waals surface area contributed by atoms with E-state index in [1.807, 2.05) is 0 Å². The number of hydrogen-bond donors (Lipinski definition) is 0. The molecule has 4 rings (SSSR count). The fourth-order valence-corrected chi connectivity index (χ4v) is 3.84. The van der Waals surface area contributed by atoms with Gasteiger partial charge in [0.1, 0.15) is 0 Å². The number of alkyl halides is 2. The topological polar surface area (TPSA) is 84.2 Å². The van der Waals surface area contributed by atoms with Crippen LogP contribution >= 0.6 is 0 Å². The van der Waals surface area contributed by atoms with Gasteiger partial charge in [-0.2, -0.15) is 0 Å². The van der Waals surface area contributed by atoms with E-state index in [0.717, 1.165) is 23.4 Å². The van der Waals surface area contributed by atoms with Gasteiger partial charge < -0.3 is 9.80 Å². The van der Waals surface area contributed by atoms with Gasteiger partial charge in [-0.15, -0.1) is 5.10 Å². The van der Waals surface area contributed by atoms with Crippen molar-refractivity contribution in [1.82, 2.24) is 29.8 Å². The van der Waals surface area contributed by atoms with E-state index < -0.39 is 30.8 Å². The summed E-state index contributed by atoms with van der Waals surface area (Å²) in [5.41, 5.74) is 1.20. The summed E-state index contributed by atoms with van der Waals surface area (Å²) in [6.07, 6.45) is 4.32. The van der Waals surface area contributed by atoms with Crippen LogP contribution in [0.1, 0.15) is 45.8 Å². The summed E-state index contributed by atoms with van der Waals surface area (Å²) in [6.45, 7) is 2.55. The fourth-order valence-electron chi connectivity index (χ4n) is 3.84. The molecule has 29 heavy (non-hydrogen) atoms. The molecule has 0 N–H and O–H groups in total. The molecule has 0 aromatic carbocycles. The molecule has 8 nitrogen and oxygen atoms in total. The molecule has 0 spiro atoms. The van der Waals surface area contributed by atoms with Gasteiger partial charge in [0.2, 0.25) is 0 Å². The fraction of sp³-hybridized carbons (Fsp3) is 0.526. The van der Waals surface area contributed by atoms with Crippen LogP contribution in [0, 0.1) is 6.92 Å². The zero-order valence-electron chi connectivity index (χ0n) is 16.1. The maximum atomic E-state index is 14.1. The molecule has 2 aliphatic rings. The predicted molar refractivity (Wildman–Crippen MR) is 98.5 cm³/mol. The van der Waals surface area contributed by atoms with Crippen LogP contribution in [0.5, 0.6) is 0 Å². The Labute approximate surface area is 166 Å². The van der Waals surface area contributed by atoms with Crippen molar-refractivity contribution < 1.29 is 18.4 Å². The summed E-state index contributed by atoms with van der Waals surface area (Å²) in [5.74, 6) is -3.68. The number of likely N-dealkylation sites (tertiary alicyclic amines) is 2. The van der Waals surface area contributed by atoms with E-state index in [0.29, 0.717) is 13.1 Å². The molecule has 0 saturated carbocycles. The Bertz CT molecular complexity index is 908. The molecule has 1 atom stereocenters. The number of aryl methyl sites for hydroxylation is 1. The average molecular weight is 404 g/mol. The lowest BCUT2D eigenvalue weighted by Crippen LogP contribution is -2.38. The van der Waals surface area contributed by atoms with Gasteiger partial charge in [-0.1, -0.05) is 5.21 Å². The SMILES string of the molecule is Cc1ccc(C(=O)N2CC(F)(F)C[C@H]2Cn2cc(C(=O)N3CCCC3)nn2)cn1. The van der Waals surface area contributed by atoms with Gasteiger partial charge in [0.15, 0.2) is 5.69 Å². The maximum Gasteiger partial charge on any atom is 0.276 e. The van der Waals surface area contributed by atoms with Crippen LogP contribution < -0.4 is 0 Å². The van der Waals surface area contributed by atoms with E-state index in [9.17, 15) is 18.4 Å². The number of carbonyl (C=O) groups is 2. The minimum atomic E-state index is -2.98. The second-order valence-electron chi connectivity index (χ2n) is 7.66. The molecular formula is C19H22F2N6O2. The number of rotatable bonds is 4. The Balaban J connectivity index is 1.49. The maximum absolute atomic E-state index is 14.1. The molecule has 2 aromatic heterocycles. The highest BCUT2D eigenvalue weighted by atomic mass is 19.3. The van der Waals surface area contributed by atoms with Crippen LogP contribution in [-0.4, -0.2) is 73.2 Å². The summed E-state index contributed by atoms with van der Waals surface area (Å²) in [6, 6.07) is 2.50. The van der Waals surface area contributed by atoms with Crippen LogP contribution in [0.2, 0.25) is 0 Å². The number of hydrogen-bond acceptors (Lipinski definition) is 5. The number of carbonyl (C=O) groups excluding carboxylic acids is 2. The zero-order valence-corrected chi connectivity index (χ0v) is 16.1. The van der Waals surface area contributed by atoms with Crippen molar-refractivity contribution in [3.8, 4) is 0 Å². The molecule has 2 fully saturated rings. The third-order valence-corrected chi connectivity index (χ3v) is 5.34. The molecule has 4 heterocycles. The smallest absolute Gasteiger partial charge is 0.276 e. The highest BCUT2D eigenvalue weighted by Crippen LogP contribution is 2.33. The summed E-state index contributed by atoms with van der Waals surface area (Å²) in [4.78, 5) is 32.1. The molecule has 0 bridgehead atoms. The Kier molecular flexibility index (Phi) is 5.01. The van der Waals surface area contributed by atoms with Crippen molar-refractivity contribution in [1.29, 1.82) is 0 Å². The van der Waals surface area contributed by atoms with Gasteiger partial charge in [0.25, 0.3) is 17.7 Å². The zero-order chi connectivity index (χ0) is 20.6. The molecule has 0 aliphatic carbocycles. The number of pyridine rings is 1. The predicted octanol–water partition coefficient (Wildman–Crippen LogP) is 1.77. The molecule has 0 unspecified atom stereocenters. The van der Waals surface area contributed by atoms with Gasteiger partial charge in [-0.05, 0) is 31.9 Å². The van der Waals surface area contributed by atoms with Crippen LogP contribution in [-0.2, 0) is 6.54 Å². The Hall–Kier alpha value is -2.91. The summed E-state index contributed by atoms with van der Waals surface area (Å²) < 4.78 is 29.6. The first kappa shape index (κ1) is 19.4. The normalized spacial score (nSPS) is 21.0. The van der Waals surface area contributed by atoms with Crippen LogP contribution in [0.15, 0.2) is 24.5 Å². The molecular weight excluding hydrogens is 382 g/mol. The monoisotopic (exact) mass is 404 g/mol. The minimum absolute atomic E-state index is 0.0426. The number of amides is 2. The Morgan fingerprint density at radius 2 is 1.97 bits per heavy atom. The molecule has 0 radical (unpaired) electrons. The van der Waals surface area contributed by atoms with Crippen molar-refractivity contribution in [2.75, 3.05) is 19.6 Å². The number of halogens is 2. The van der Waals surface area contributed by atoms with Crippen molar-refractivity contribution in [2.24, 2.45) is 0 Å². The summed E-state index contributed by atoms with van der Waals surface area (Å²) in [7, 11) is 0. The van der Waals surface area contributed by atoms with Crippen LogP contribution in [0.4, 0.5) is 8.78 Å². The highest BCUT2D eigenvalue weighted by Gasteiger charge is 2.47. The van der Waals surface area contributed by atoms with E-state index in [4.69, 9.17) is 0 Å². The summed E-state index contributed by atoms with van der Waals surface area (Å²) in [5, 5.41) is 7.82. The third-order valence-electron chi connectivity index (χ3n) is 5.34. The lowest BCUT2D eigenvalue weighted by atomic mass is 10.1. The lowest BCUT2D eigenvalue weighted by molar-refractivity contribution is 0.0117. The van der Waals surface area contributed by atoms with Crippen molar-refractivity contribution in [3.63, 3.8) is 0 Å². The average Bonchev–Trinajstić information content (AvgIpc) is 3.42. The first-order valence-electron chi connectivity index (χ1n) is 9.63. The quantitative estimate of drug-likeness (QED) is 0.776. The number of aromatic nitrogens is 4. The second kappa shape index (κ2) is 7.49. The summed E-state index contributed by atoms with van der Waals surface area (Å²) >= 11 is 0. The molecule has 10 heteroatoms. The van der Waals surface area contributed by atoms with E-state index in [-0.39, 0.29) is 23.7 Å². The second-order valence-corrected chi connectivity index (χ2v) is 7.66.